The molecule has 0 aromatic heterocycles. The fourth-order valence-electron chi connectivity index (χ4n) is 9.05. The van der Waals surface area contributed by atoms with Crippen molar-refractivity contribution in [1.29, 1.82) is 0 Å². The monoisotopic (exact) mass is 940 g/mol. The van der Waals surface area contributed by atoms with Crippen LogP contribution in [-0.2, 0) is 58.9 Å². The molecule has 6 aromatic carbocycles. The molecule has 0 unspecified atom stereocenters. The van der Waals surface area contributed by atoms with Gasteiger partial charge in [-0.2, -0.15) is 0 Å². The second-order valence-corrected chi connectivity index (χ2v) is 21.9. The van der Waals surface area contributed by atoms with Crippen LogP contribution in [0.2, 0.25) is 0 Å². The zero-order valence-corrected chi connectivity index (χ0v) is 41.1. The number of hydrogen-bond donors (Lipinski definition) is 0. The van der Waals surface area contributed by atoms with Crippen molar-refractivity contribution >= 4 is 15.4 Å². The maximum absolute atomic E-state index is 13.3. The Morgan fingerprint density at radius 1 is 0.373 bits per heavy atom. The fraction of sp³-hybridized carbons (Fsp3) is 0.345. The van der Waals surface area contributed by atoms with Crippen LogP contribution >= 0.6 is 15.4 Å². The summed E-state index contributed by atoms with van der Waals surface area (Å²) in [5.41, 5.74) is -0.666. The molecule has 2 aliphatic heterocycles. The minimum absolute atomic E-state index is 0.260. The van der Waals surface area contributed by atoms with Crippen molar-refractivity contribution in [3.63, 3.8) is 0 Å². The van der Waals surface area contributed by atoms with Gasteiger partial charge in [-0.1, -0.05) is 201 Å². The first-order valence-corrected chi connectivity index (χ1v) is 24.9. The van der Waals surface area contributed by atoms with Gasteiger partial charge in [0.05, 0.1) is 31.8 Å². The van der Waals surface area contributed by atoms with Gasteiger partial charge in [-0.25, -0.2) is 18.3 Å². The summed E-state index contributed by atoms with van der Waals surface area (Å²) in [5.74, 6) is 0.520. The molecular weight excluding hydrogens is 883 g/mol. The molecule has 0 saturated carbocycles. The Bertz CT molecular complexity index is 2620. The van der Waals surface area contributed by atoms with Gasteiger partial charge in [0.15, 0.2) is 0 Å². The second-order valence-electron chi connectivity index (χ2n) is 19.8. The van der Waals surface area contributed by atoms with Crippen LogP contribution < -0.4 is 9.47 Å². The van der Waals surface area contributed by atoms with E-state index in [1.54, 1.807) is 12.1 Å². The van der Waals surface area contributed by atoms with Crippen molar-refractivity contribution in [3.05, 3.63) is 202 Å². The van der Waals surface area contributed by atoms with Gasteiger partial charge >= 0.3 is 26.8 Å². The van der Waals surface area contributed by atoms with Gasteiger partial charge in [-0.3, -0.25) is 0 Å². The normalized spacial score (nSPS) is 21.4. The largest absolute Gasteiger partial charge is 0.444 e. The lowest BCUT2D eigenvalue weighted by Crippen LogP contribution is -2.59. The highest BCUT2D eigenvalue weighted by Crippen LogP contribution is 2.51. The first-order chi connectivity index (χ1) is 31.7. The van der Waals surface area contributed by atoms with E-state index in [0.29, 0.717) is 0 Å². The molecular formula is C55H58O10P2. The first-order valence-electron chi connectivity index (χ1n) is 22.5. The standard InChI is InChI=1S/C55H58O10P2/c1-49(2,39-21-13-9-14-22-39)43-29-31-47(45(33-43)51(5,6)41-25-17-11-18-26-41)64-54(66(56)57)60-35-53(36-61-54)37-62-55(63-38-53,67(58)59)65-48-32-30-44(50(3,4)40-23-15-10-16-24-40)34-46(48)52(7,8)42-27-19-12-20-28-42/h9-34H,35-38H2,1-8H3. The summed E-state index contributed by atoms with van der Waals surface area (Å²) in [7, 11) is -7.05. The highest BCUT2D eigenvalue weighted by molar-refractivity contribution is 7.32. The molecule has 1 spiro atoms. The van der Waals surface area contributed by atoms with Crippen LogP contribution in [0.5, 0.6) is 11.5 Å². The lowest BCUT2D eigenvalue weighted by atomic mass is 9.73. The average molecular weight is 941 g/mol. The van der Waals surface area contributed by atoms with Crippen LogP contribution in [0.3, 0.4) is 0 Å². The van der Waals surface area contributed by atoms with Crippen molar-refractivity contribution in [2.75, 3.05) is 26.4 Å². The Balaban J connectivity index is 1.07. The van der Waals surface area contributed by atoms with E-state index in [0.717, 1.165) is 44.5 Å². The number of benzene rings is 6. The molecule has 0 amide bonds. The summed E-state index contributed by atoms with van der Waals surface area (Å²) in [6.07, 6.45) is 0. The van der Waals surface area contributed by atoms with E-state index in [1.165, 1.54) is 0 Å². The Hall–Kier alpha value is -5.44. The van der Waals surface area contributed by atoms with E-state index in [2.05, 4.69) is 91.8 Å². The molecule has 12 heteroatoms. The van der Waals surface area contributed by atoms with Gasteiger partial charge < -0.3 is 28.4 Å². The van der Waals surface area contributed by atoms with Crippen LogP contribution in [0, 0.1) is 5.41 Å². The molecule has 0 N–H and O–H groups in total. The van der Waals surface area contributed by atoms with E-state index in [-0.39, 0.29) is 37.9 Å². The van der Waals surface area contributed by atoms with Crippen molar-refractivity contribution in [2.24, 2.45) is 5.41 Å². The third-order valence-corrected chi connectivity index (χ3v) is 15.5. The molecule has 67 heavy (non-hydrogen) atoms. The minimum atomic E-state index is -3.53. The van der Waals surface area contributed by atoms with Crippen molar-refractivity contribution in [1.82, 2.24) is 0 Å². The van der Waals surface area contributed by atoms with E-state index >= 15 is 0 Å². The molecule has 0 atom stereocenters. The summed E-state index contributed by atoms with van der Waals surface area (Å²) >= 11 is 0. The Labute approximate surface area is 394 Å². The van der Waals surface area contributed by atoms with Crippen LogP contribution in [-0.4, -0.2) is 37.9 Å². The molecule has 0 radical (unpaired) electrons. The number of hydrogen-bond acceptors (Lipinski definition) is 10. The van der Waals surface area contributed by atoms with Gasteiger partial charge in [0.1, 0.15) is 11.5 Å². The predicted octanol–water partition coefficient (Wildman–Crippen LogP) is 13.1. The van der Waals surface area contributed by atoms with Crippen molar-refractivity contribution < 1.29 is 46.7 Å². The Morgan fingerprint density at radius 3 is 0.910 bits per heavy atom. The number of rotatable bonds is 14. The summed E-state index contributed by atoms with van der Waals surface area (Å²) < 4.78 is 90.4. The molecule has 10 nitrogen and oxygen atoms in total. The minimum Gasteiger partial charge on any atom is -0.428 e. The van der Waals surface area contributed by atoms with Gasteiger partial charge in [0, 0.05) is 32.8 Å². The van der Waals surface area contributed by atoms with Crippen molar-refractivity contribution in [3.8, 4) is 11.5 Å². The smallest absolute Gasteiger partial charge is 0.428 e. The molecule has 2 heterocycles. The maximum Gasteiger partial charge on any atom is 0.444 e. The summed E-state index contributed by atoms with van der Waals surface area (Å²) in [4.78, 5) is 0. The molecule has 348 valence electrons. The first kappa shape index (κ1) is 48.0. The molecule has 2 fully saturated rings. The highest BCUT2D eigenvalue weighted by atomic mass is 31.1. The summed E-state index contributed by atoms with van der Waals surface area (Å²) in [6.45, 7) is 15.7. The zero-order valence-electron chi connectivity index (χ0n) is 39.3. The van der Waals surface area contributed by atoms with Crippen LogP contribution in [0.4, 0.5) is 0 Å². The number of ether oxygens (including phenoxy) is 6. The van der Waals surface area contributed by atoms with Crippen molar-refractivity contribution in [2.45, 2.75) is 88.5 Å². The van der Waals surface area contributed by atoms with Crippen LogP contribution in [0.25, 0.3) is 0 Å². The van der Waals surface area contributed by atoms with E-state index in [4.69, 9.17) is 28.4 Å². The van der Waals surface area contributed by atoms with E-state index in [9.17, 15) is 18.3 Å². The predicted molar refractivity (Wildman–Crippen MR) is 257 cm³/mol. The zero-order chi connectivity index (χ0) is 47.9. The average Bonchev–Trinajstić information content (AvgIpc) is 3.34. The maximum atomic E-state index is 13.3. The molecule has 2 saturated heterocycles. The fourth-order valence-corrected chi connectivity index (χ4v) is 10.1. The lowest BCUT2D eigenvalue weighted by molar-refractivity contribution is -0.394. The van der Waals surface area contributed by atoms with E-state index < -0.39 is 53.9 Å². The van der Waals surface area contributed by atoms with Crippen LogP contribution in [0.15, 0.2) is 158 Å². The molecule has 0 bridgehead atoms. The summed E-state index contributed by atoms with van der Waals surface area (Å²) in [6, 6.07) is 51.7. The highest BCUT2D eigenvalue weighted by Gasteiger charge is 2.58. The van der Waals surface area contributed by atoms with Gasteiger partial charge in [0.25, 0.3) is 0 Å². The third kappa shape index (κ3) is 9.16. The summed E-state index contributed by atoms with van der Waals surface area (Å²) in [5, 5.41) is 0. The Morgan fingerprint density at radius 2 is 0.642 bits per heavy atom. The third-order valence-electron chi connectivity index (χ3n) is 13.9. The molecule has 0 aliphatic carbocycles. The molecule has 2 aliphatic rings. The SMILES string of the molecule is CC(C)(c1ccccc1)c1ccc(OC2(P(=O)=O)OCC3(CO2)COC(Oc2ccc(C(C)(C)c4ccccc4)cc2C(C)(C)c2ccccc2)(P(=O)=O)OC3)c(C(C)(C)c2ccccc2)c1. The topological polar surface area (TPSA) is 124 Å². The van der Waals surface area contributed by atoms with Gasteiger partial charge in [0.2, 0.25) is 0 Å². The quantitative estimate of drug-likeness (QED) is 0.0975. The second kappa shape index (κ2) is 18.2. The van der Waals surface area contributed by atoms with E-state index in [1.807, 2.05) is 109 Å². The Kier molecular flexibility index (Phi) is 13.1. The molecule has 6 aromatic rings. The van der Waals surface area contributed by atoms with Gasteiger partial charge in [-0.05, 0) is 45.5 Å². The lowest BCUT2D eigenvalue weighted by Gasteiger charge is -2.46. The van der Waals surface area contributed by atoms with Gasteiger partial charge in [-0.15, -0.1) is 0 Å². The molecule has 8 rings (SSSR count). The van der Waals surface area contributed by atoms with Crippen LogP contribution in [0.1, 0.15) is 99.9 Å².